The normalized spacial score (nSPS) is 13.0. The highest BCUT2D eigenvalue weighted by molar-refractivity contribution is 9.09. The summed E-state index contributed by atoms with van der Waals surface area (Å²) in [6.45, 7) is 2.28. The summed E-state index contributed by atoms with van der Waals surface area (Å²) >= 11 is 3.52. The fraction of sp³-hybridized carbons (Fsp3) is 0.250. The average Bonchev–Trinajstić information content (AvgIpc) is 2.47. The standard InChI is InChI=1S/C16H18BrNO2S/c1-13-7-9-16(10-8-13)21(19,20)18-12-15(17)11-14-5-3-2-4-6-14/h2-10,15,18H,11-12H2,1H3. The second kappa shape index (κ2) is 7.20. The summed E-state index contributed by atoms with van der Waals surface area (Å²) in [6, 6.07) is 16.8. The fourth-order valence-corrected chi connectivity index (χ4v) is 3.77. The molecule has 0 heterocycles. The van der Waals surface area contributed by atoms with E-state index in [0.717, 1.165) is 12.0 Å². The number of halogens is 1. The van der Waals surface area contributed by atoms with E-state index in [1.165, 1.54) is 5.56 Å². The summed E-state index contributed by atoms with van der Waals surface area (Å²) in [5.74, 6) is 0. The van der Waals surface area contributed by atoms with Crippen LogP contribution in [0.25, 0.3) is 0 Å². The number of benzene rings is 2. The molecule has 5 heteroatoms. The molecule has 1 N–H and O–H groups in total. The Morgan fingerprint density at radius 2 is 1.67 bits per heavy atom. The van der Waals surface area contributed by atoms with E-state index in [1.807, 2.05) is 37.3 Å². The molecule has 0 amide bonds. The van der Waals surface area contributed by atoms with Gasteiger partial charge in [-0.3, -0.25) is 0 Å². The molecule has 1 unspecified atom stereocenters. The fourth-order valence-electron chi connectivity index (χ4n) is 1.94. The van der Waals surface area contributed by atoms with Gasteiger partial charge in [0.1, 0.15) is 0 Å². The molecule has 0 bridgehead atoms. The van der Waals surface area contributed by atoms with Crippen LogP contribution in [0.1, 0.15) is 11.1 Å². The van der Waals surface area contributed by atoms with Gasteiger partial charge in [0.25, 0.3) is 0 Å². The Balaban J connectivity index is 1.94. The highest BCUT2D eigenvalue weighted by Crippen LogP contribution is 2.12. The van der Waals surface area contributed by atoms with Crippen LogP contribution in [-0.2, 0) is 16.4 Å². The molecule has 1 atom stereocenters. The summed E-state index contributed by atoms with van der Waals surface area (Å²) in [5.41, 5.74) is 2.21. The van der Waals surface area contributed by atoms with Crippen LogP contribution in [0, 0.1) is 6.92 Å². The Labute approximate surface area is 134 Å². The number of alkyl halides is 1. The van der Waals surface area contributed by atoms with E-state index in [9.17, 15) is 8.42 Å². The van der Waals surface area contributed by atoms with Crippen molar-refractivity contribution in [1.82, 2.24) is 4.72 Å². The summed E-state index contributed by atoms with van der Waals surface area (Å²) in [6.07, 6.45) is 0.775. The molecule has 3 nitrogen and oxygen atoms in total. The molecule has 0 aliphatic carbocycles. The minimum absolute atomic E-state index is 0.0557. The summed E-state index contributed by atoms with van der Waals surface area (Å²) < 4.78 is 27.0. The maximum Gasteiger partial charge on any atom is 0.240 e. The lowest BCUT2D eigenvalue weighted by atomic mass is 10.1. The summed E-state index contributed by atoms with van der Waals surface area (Å²) in [5, 5.41) is 0. The molecular weight excluding hydrogens is 350 g/mol. The van der Waals surface area contributed by atoms with Gasteiger partial charge in [-0.25, -0.2) is 13.1 Å². The topological polar surface area (TPSA) is 46.2 Å². The van der Waals surface area contributed by atoms with Crippen LogP contribution in [0.5, 0.6) is 0 Å². The number of aryl methyl sites for hydroxylation is 1. The lowest BCUT2D eigenvalue weighted by molar-refractivity contribution is 0.580. The molecule has 2 rings (SSSR count). The van der Waals surface area contributed by atoms with Crippen molar-refractivity contribution in [1.29, 1.82) is 0 Å². The highest BCUT2D eigenvalue weighted by atomic mass is 79.9. The third-order valence-corrected chi connectivity index (χ3v) is 5.21. The second-order valence-electron chi connectivity index (χ2n) is 4.95. The van der Waals surface area contributed by atoms with Crippen LogP contribution in [0.15, 0.2) is 59.5 Å². The first-order valence-electron chi connectivity index (χ1n) is 6.72. The number of hydrogen-bond donors (Lipinski definition) is 1. The minimum atomic E-state index is -3.44. The van der Waals surface area contributed by atoms with Gasteiger partial charge < -0.3 is 0 Å². The van der Waals surface area contributed by atoms with E-state index in [2.05, 4.69) is 20.7 Å². The lowest BCUT2D eigenvalue weighted by Gasteiger charge is -2.12. The Morgan fingerprint density at radius 1 is 1.05 bits per heavy atom. The molecule has 0 saturated heterocycles. The SMILES string of the molecule is Cc1ccc(S(=O)(=O)NCC(Br)Cc2ccccc2)cc1. The van der Waals surface area contributed by atoms with Gasteiger partial charge in [0.15, 0.2) is 0 Å². The predicted molar refractivity (Wildman–Crippen MR) is 89.2 cm³/mol. The van der Waals surface area contributed by atoms with Crippen molar-refractivity contribution in [3.63, 3.8) is 0 Å². The van der Waals surface area contributed by atoms with Crippen molar-refractivity contribution in [2.24, 2.45) is 0 Å². The largest absolute Gasteiger partial charge is 0.240 e. The van der Waals surface area contributed by atoms with Crippen molar-refractivity contribution >= 4 is 26.0 Å². The Kier molecular flexibility index (Phi) is 5.56. The molecule has 0 aliphatic rings. The van der Waals surface area contributed by atoms with Crippen LogP contribution >= 0.6 is 15.9 Å². The smallest absolute Gasteiger partial charge is 0.210 e. The lowest BCUT2D eigenvalue weighted by Crippen LogP contribution is -2.30. The average molecular weight is 368 g/mol. The van der Waals surface area contributed by atoms with E-state index < -0.39 is 10.0 Å². The third kappa shape index (κ3) is 4.95. The first-order chi connectivity index (χ1) is 9.97. The Hall–Kier alpha value is -1.17. The molecule has 0 saturated carbocycles. The Bertz CT molecular complexity index is 669. The molecule has 2 aromatic rings. The van der Waals surface area contributed by atoms with Crippen LogP contribution < -0.4 is 4.72 Å². The molecular formula is C16H18BrNO2S. The van der Waals surface area contributed by atoms with Crippen LogP contribution in [0.2, 0.25) is 0 Å². The minimum Gasteiger partial charge on any atom is -0.210 e. The molecule has 2 aromatic carbocycles. The first-order valence-corrected chi connectivity index (χ1v) is 9.11. The van der Waals surface area contributed by atoms with Crippen LogP contribution in [0.4, 0.5) is 0 Å². The second-order valence-corrected chi connectivity index (χ2v) is 8.01. The van der Waals surface area contributed by atoms with Crippen LogP contribution in [0.3, 0.4) is 0 Å². The van der Waals surface area contributed by atoms with Crippen molar-refractivity contribution in [3.8, 4) is 0 Å². The summed E-state index contributed by atoms with van der Waals surface area (Å²) in [7, 11) is -3.44. The highest BCUT2D eigenvalue weighted by Gasteiger charge is 2.15. The number of hydrogen-bond acceptors (Lipinski definition) is 2. The van der Waals surface area contributed by atoms with E-state index in [0.29, 0.717) is 11.4 Å². The van der Waals surface area contributed by atoms with Gasteiger partial charge in [-0.15, -0.1) is 0 Å². The van der Waals surface area contributed by atoms with Gasteiger partial charge in [-0.05, 0) is 31.0 Å². The number of sulfonamides is 1. The number of rotatable bonds is 6. The van der Waals surface area contributed by atoms with E-state index >= 15 is 0 Å². The van der Waals surface area contributed by atoms with Gasteiger partial charge in [-0.2, -0.15) is 0 Å². The van der Waals surface area contributed by atoms with Gasteiger partial charge in [0.2, 0.25) is 10.0 Å². The third-order valence-electron chi connectivity index (χ3n) is 3.13. The van der Waals surface area contributed by atoms with Crippen molar-refractivity contribution in [2.45, 2.75) is 23.1 Å². The van der Waals surface area contributed by atoms with Gasteiger partial charge in [0, 0.05) is 11.4 Å². The molecule has 0 aromatic heterocycles. The zero-order valence-electron chi connectivity index (χ0n) is 11.8. The molecule has 0 radical (unpaired) electrons. The molecule has 21 heavy (non-hydrogen) atoms. The maximum absolute atomic E-state index is 12.2. The van der Waals surface area contributed by atoms with Gasteiger partial charge >= 0.3 is 0 Å². The molecule has 0 aliphatic heterocycles. The van der Waals surface area contributed by atoms with Gasteiger partial charge in [-0.1, -0.05) is 64.0 Å². The quantitative estimate of drug-likeness (QED) is 0.796. The number of nitrogens with one attached hydrogen (secondary N) is 1. The van der Waals surface area contributed by atoms with Crippen molar-refractivity contribution < 1.29 is 8.42 Å². The Morgan fingerprint density at radius 3 is 2.29 bits per heavy atom. The van der Waals surface area contributed by atoms with Gasteiger partial charge in [0.05, 0.1) is 4.90 Å². The molecule has 112 valence electrons. The van der Waals surface area contributed by atoms with Crippen molar-refractivity contribution in [2.75, 3.05) is 6.54 Å². The first kappa shape index (κ1) is 16.2. The van der Waals surface area contributed by atoms with Crippen LogP contribution in [-0.4, -0.2) is 19.8 Å². The predicted octanol–water partition coefficient (Wildman–Crippen LogP) is 3.28. The zero-order chi connectivity index (χ0) is 15.3. The van der Waals surface area contributed by atoms with E-state index in [4.69, 9.17) is 0 Å². The maximum atomic E-state index is 12.2. The molecule has 0 fully saturated rings. The van der Waals surface area contributed by atoms with E-state index in [-0.39, 0.29) is 4.83 Å². The van der Waals surface area contributed by atoms with E-state index in [1.54, 1.807) is 24.3 Å². The summed E-state index contributed by atoms with van der Waals surface area (Å²) in [4.78, 5) is 0.354. The zero-order valence-corrected chi connectivity index (χ0v) is 14.2. The van der Waals surface area contributed by atoms with Crippen molar-refractivity contribution in [3.05, 3.63) is 65.7 Å². The molecule has 0 spiro atoms. The monoisotopic (exact) mass is 367 g/mol.